The molecule has 0 saturated heterocycles. The number of hydrogen-bond acceptors (Lipinski definition) is 6. The molecule has 1 saturated carbocycles. The van der Waals surface area contributed by atoms with E-state index in [2.05, 4.69) is 31.4 Å². The van der Waals surface area contributed by atoms with Gasteiger partial charge in [0.05, 0.1) is 16.8 Å². The fourth-order valence-electron chi connectivity index (χ4n) is 3.83. The molecular weight excluding hydrogens is 533 g/mol. The van der Waals surface area contributed by atoms with Gasteiger partial charge in [-0.1, -0.05) is 16.8 Å². The Hall–Kier alpha value is -1.90. The largest absolute Gasteiger partial charge is 0.489 e. The first-order valence-electron chi connectivity index (χ1n) is 10.5. The first-order chi connectivity index (χ1) is 15.6. The molecule has 2 aromatic carbocycles. The summed E-state index contributed by atoms with van der Waals surface area (Å²) in [6, 6.07) is 10.9. The third kappa shape index (κ3) is 5.78. The van der Waals surface area contributed by atoms with Crippen molar-refractivity contribution in [3.8, 4) is 28.6 Å². The van der Waals surface area contributed by atoms with Crippen molar-refractivity contribution >= 4 is 40.8 Å². The van der Waals surface area contributed by atoms with E-state index in [1.807, 2.05) is 38.1 Å². The standard InChI is InChI=1S/C22H24BrClN3O5P/c1-12(2)31-20-8-4-13(10-18(20)24)21-26-22(32-27-21)14-3-7-19(17(23)9-14)25-15-5-6-16(11-15)33(28,29)30/h3-4,7-10,12,15-16,25H,5-6,11H2,1-2H3,(H2,28,29,30)/t15-,16?/m0/s1. The van der Waals surface area contributed by atoms with Gasteiger partial charge in [0.1, 0.15) is 5.75 Å². The number of nitrogens with zero attached hydrogens (tertiary/aromatic N) is 2. The van der Waals surface area contributed by atoms with E-state index >= 15 is 0 Å². The molecule has 3 N–H and O–H groups in total. The van der Waals surface area contributed by atoms with Crippen molar-refractivity contribution < 1.29 is 23.6 Å². The van der Waals surface area contributed by atoms with E-state index in [0.29, 0.717) is 47.3 Å². The minimum Gasteiger partial charge on any atom is -0.489 e. The molecule has 1 aliphatic carbocycles. The second-order valence-corrected chi connectivity index (χ2v) is 11.5. The zero-order valence-electron chi connectivity index (χ0n) is 18.0. The van der Waals surface area contributed by atoms with E-state index in [1.54, 1.807) is 12.1 Å². The molecule has 1 heterocycles. The Labute approximate surface area is 205 Å². The summed E-state index contributed by atoms with van der Waals surface area (Å²) in [4.78, 5) is 23.3. The molecule has 176 valence electrons. The van der Waals surface area contributed by atoms with Crippen LogP contribution in [0.3, 0.4) is 0 Å². The highest BCUT2D eigenvalue weighted by molar-refractivity contribution is 9.10. The van der Waals surface area contributed by atoms with Crippen LogP contribution in [0.4, 0.5) is 5.69 Å². The van der Waals surface area contributed by atoms with Crippen LogP contribution in [0.1, 0.15) is 33.1 Å². The molecule has 1 unspecified atom stereocenters. The van der Waals surface area contributed by atoms with E-state index < -0.39 is 13.3 Å². The van der Waals surface area contributed by atoms with Gasteiger partial charge in [-0.25, -0.2) is 0 Å². The fraction of sp³-hybridized carbons (Fsp3) is 0.364. The number of nitrogens with one attached hydrogen (secondary N) is 1. The minimum absolute atomic E-state index is 0.00665. The molecule has 0 aliphatic heterocycles. The Morgan fingerprint density at radius 1 is 1.21 bits per heavy atom. The normalized spacial score (nSPS) is 18.6. The smallest absolute Gasteiger partial charge is 0.328 e. The maximum absolute atomic E-state index is 11.5. The molecular formula is C22H24BrClN3O5P. The van der Waals surface area contributed by atoms with Crippen molar-refractivity contribution in [2.75, 3.05) is 5.32 Å². The summed E-state index contributed by atoms with van der Waals surface area (Å²) in [6.45, 7) is 3.86. The lowest BCUT2D eigenvalue weighted by Gasteiger charge is -2.17. The zero-order chi connectivity index (χ0) is 23.8. The fourth-order valence-corrected chi connectivity index (χ4v) is 5.56. The molecule has 4 rings (SSSR count). The third-order valence-corrected chi connectivity index (χ3v) is 7.81. The highest BCUT2D eigenvalue weighted by atomic mass is 79.9. The van der Waals surface area contributed by atoms with Gasteiger partial charge in [-0.3, -0.25) is 4.57 Å². The van der Waals surface area contributed by atoms with Crippen molar-refractivity contribution in [2.24, 2.45) is 0 Å². The van der Waals surface area contributed by atoms with Crippen LogP contribution in [-0.4, -0.2) is 37.7 Å². The summed E-state index contributed by atoms with van der Waals surface area (Å²) in [5.74, 6) is 1.37. The quantitative estimate of drug-likeness (QED) is 0.298. The number of benzene rings is 2. The minimum atomic E-state index is -4.05. The lowest BCUT2D eigenvalue weighted by Crippen LogP contribution is -2.17. The summed E-state index contributed by atoms with van der Waals surface area (Å²) in [6.07, 6.45) is 1.68. The van der Waals surface area contributed by atoms with Gasteiger partial charge >= 0.3 is 7.60 Å². The van der Waals surface area contributed by atoms with Gasteiger partial charge in [0.25, 0.3) is 5.89 Å². The molecule has 1 fully saturated rings. The number of halogens is 2. The number of hydrogen-bond donors (Lipinski definition) is 3. The van der Waals surface area contributed by atoms with E-state index in [1.165, 1.54) is 0 Å². The second-order valence-electron chi connectivity index (χ2n) is 8.33. The lowest BCUT2D eigenvalue weighted by molar-refractivity contribution is 0.242. The monoisotopic (exact) mass is 555 g/mol. The first-order valence-corrected chi connectivity index (χ1v) is 13.4. The van der Waals surface area contributed by atoms with Crippen molar-refractivity contribution in [1.82, 2.24) is 10.1 Å². The first kappa shape index (κ1) is 24.2. The van der Waals surface area contributed by atoms with E-state index in [9.17, 15) is 14.4 Å². The van der Waals surface area contributed by atoms with Gasteiger partial charge in [0.2, 0.25) is 5.82 Å². The maximum atomic E-state index is 11.5. The molecule has 0 radical (unpaired) electrons. The van der Waals surface area contributed by atoms with Crippen LogP contribution >= 0.6 is 35.1 Å². The molecule has 8 nitrogen and oxygen atoms in total. The highest BCUT2D eigenvalue weighted by Gasteiger charge is 2.36. The predicted octanol–water partition coefficient (Wildman–Crippen LogP) is 6.12. The summed E-state index contributed by atoms with van der Waals surface area (Å²) >= 11 is 9.88. The third-order valence-electron chi connectivity index (χ3n) is 5.44. The van der Waals surface area contributed by atoms with Crippen LogP contribution in [0.5, 0.6) is 5.75 Å². The zero-order valence-corrected chi connectivity index (χ0v) is 21.3. The van der Waals surface area contributed by atoms with Gasteiger partial charge in [0.15, 0.2) is 0 Å². The summed E-state index contributed by atoms with van der Waals surface area (Å²) in [7, 11) is -4.05. The molecule has 0 spiro atoms. The lowest BCUT2D eigenvalue weighted by atomic mass is 10.1. The number of ether oxygens (including phenoxy) is 1. The highest BCUT2D eigenvalue weighted by Crippen LogP contribution is 2.49. The number of aromatic nitrogens is 2. The Morgan fingerprint density at radius 2 is 1.97 bits per heavy atom. The number of anilines is 1. The van der Waals surface area contributed by atoms with Gasteiger partial charge in [0, 0.05) is 27.3 Å². The maximum Gasteiger partial charge on any atom is 0.328 e. The van der Waals surface area contributed by atoms with Crippen molar-refractivity contribution in [2.45, 2.75) is 50.9 Å². The summed E-state index contributed by atoms with van der Waals surface area (Å²) in [5, 5.41) is 7.90. The molecule has 2 atom stereocenters. The average Bonchev–Trinajstić information content (AvgIpc) is 3.40. The van der Waals surface area contributed by atoms with Crippen LogP contribution in [-0.2, 0) is 4.57 Å². The van der Waals surface area contributed by atoms with Crippen LogP contribution in [0.2, 0.25) is 5.02 Å². The van der Waals surface area contributed by atoms with Gasteiger partial charge < -0.3 is 24.4 Å². The summed E-state index contributed by atoms with van der Waals surface area (Å²) < 4.78 is 23.4. The van der Waals surface area contributed by atoms with E-state index in [0.717, 1.165) is 15.7 Å². The second kappa shape index (κ2) is 9.76. The summed E-state index contributed by atoms with van der Waals surface area (Å²) in [5.41, 5.74) is 1.70. The van der Waals surface area contributed by atoms with Gasteiger partial charge in [-0.2, -0.15) is 4.98 Å². The van der Waals surface area contributed by atoms with Gasteiger partial charge in [-0.05, 0) is 85.4 Å². The molecule has 1 aromatic heterocycles. The Bertz CT molecular complexity index is 1200. The van der Waals surface area contributed by atoms with E-state index in [4.69, 9.17) is 20.9 Å². The van der Waals surface area contributed by atoms with Gasteiger partial charge in [-0.15, -0.1) is 0 Å². The Morgan fingerprint density at radius 3 is 2.61 bits per heavy atom. The van der Waals surface area contributed by atoms with Crippen LogP contribution in [0.15, 0.2) is 45.4 Å². The molecule has 11 heteroatoms. The van der Waals surface area contributed by atoms with E-state index in [-0.39, 0.29) is 12.1 Å². The Balaban J connectivity index is 1.47. The predicted molar refractivity (Wildman–Crippen MR) is 131 cm³/mol. The number of rotatable bonds is 7. The van der Waals surface area contributed by atoms with Crippen LogP contribution in [0.25, 0.3) is 22.8 Å². The Kier molecular flexibility index (Phi) is 7.17. The molecule has 0 amide bonds. The molecule has 1 aliphatic rings. The average molecular weight is 557 g/mol. The van der Waals surface area contributed by atoms with Crippen LogP contribution < -0.4 is 10.1 Å². The van der Waals surface area contributed by atoms with Crippen molar-refractivity contribution in [3.05, 3.63) is 45.9 Å². The van der Waals surface area contributed by atoms with Crippen molar-refractivity contribution in [3.63, 3.8) is 0 Å². The van der Waals surface area contributed by atoms with Crippen LogP contribution in [0, 0.1) is 0 Å². The topological polar surface area (TPSA) is 118 Å². The molecule has 3 aromatic rings. The molecule has 0 bridgehead atoms. The molecule has 33 heavy (non-hydrogen) atoms. The SMILES string of the molecule is CC(C)Oc1ccc(-c2noc(-c3ccc(N[C@H]4CCC(P(=O)(O)O)C4)c(Br)c3)n2)cc1Cl. The van der Waals surface area contributed by atoms with Crippen molar-refractivity contribution in [1.29, 1.82) is 0 Å².